The highest BCUT2D eigenvalue weighted by molar-refractivity contribution is 7.71. The van der Waals surface area contributed by atoms with E-state index in [9.17, 15) is 9.46 Å². The Hall–Kier alpha value is -2.59. The maximum absolute atomic E-state index is 11.9. The largest absolute Gasteiger partial charge is 0.652 e. The summed E-state index contributed by atoms with van der Waals surface area (Å²) >= 11 is 5.15. The smallest absolute Gasteiger partial charge is 0.427 e. The van der Waals surface area contributed by atoms with Crippen molar-refractivity contribution in [3.63, 3.8) is 0 Å². The zero-order valence-corrected chi connectivity index (χ0v) is 14.7. The second-order valence-corrected chi connectivity index (χ2v) is 6.75. The van der Waals surface area contributed by atoms with Gasteiger partial charge in [-0.2, -0.15) is 0 Å². The molecule has 4 rings (SSSR count). The molecule has 3 aromatic carbocycles. The molecule has 0 saturated carbocycles. The first-order valence-electron chi connectivity index (χ1n) is 7.62. The summed E-state index contributed by atoms with van der Waals surface area (Å²) in [6.45, 7) is 0. The molecule has 1 N–H and O–H groups in total. The van der Waals surface area contributed by atoms with E-state index in [0.717, 1.165) is 22.3 Å². The van der Waals surface area contributed by atoms with Crippen LogP contribution in [-0.4, -0.2) is 9.23 Å². The number of aromatic nitrogens is 1. The van der Waals surface area contributed by atoms with Crippen molar-refractivity contribution in [1.82, 2.24) is 4.34 Å². The van der Waals surface area contributed by atoms with E-state index in [0.29, 0.717) is 11.1 Å². The average molecular weight is 366 g/mol. The molecule has 6 heteroatoms. The normalized spacial score (nSPS) is 11.6. The molecule has 0 spiro atoms. The second kappa shape index (κ2) is 6.37. The lowest BCUT2D eigenvalue weighted by molar-refractivity contribution is 0.487. The highest BCUT2D eigenvalue weighted by Crippen LogP contribution is 2.41. The molecule has 4 aromatic rings. The van der Waals surface area contributed by atoms with Crippen LogP contribution in [0, 0.1) is 4.84 Å². The Labute approximate surface area is 149 Å². The zero-order valence-electron chi connectivity index (χ0n) is 13.0. The van der Waals surface area contributed by atoms with Crippen LogP contribution in [-0.2, 0) is 4.57 Å². The fraction of sp³-hybridized carbons (Fsp3) is 0. The molecule has 0 aliphatic carbocycles. The third kappa shape index (κ3) is 2.72. The lowest BCUT2D eigenvalue weighted by atomic mass is 9.93. The Balaban J connectivity index is 2.19. The topological polar surface area (TPSA) is 55.4 Å². The molecule has 0 amide bonds. The summed E-state index contributed by atoms with van der Waals surface area (Å²) < 4.78 is 18.6. The van der Waals surface area contributed by atoms with E-state index in [1.807, 2.05) is 66.7 Å². The van der Waals surface area contributed by atoms with Crippen LogP contribution in [0.5, 0.6) is 0 Å². The lowest BCUT2D eigenvalue weighted by Gasteiger charge is -2.11. The van der Waals surface area contributed by atoms with Gasteiger partial charge in [-0.05, 0) is 45.6 Å². The van der Waals surface area contributed by atoms with E-state index in [1.54, 1.807) is 6.07 Å². The van der Waals surface area contributed by atoms with Crippen molar-refractivity contribution in [2.24, 2.45) is 0 Å². The molecule has 0 radical (unpaired) electrons. The van der Waals surface area contributed by atoms with Crippen LogP contribution < -0.4 is 0 Å². The Morgan fingerprint density at radius 1 is 0.880 bits per heavy atom. The number of fused-ring (bicyclic) bond motifs is 1. The van der Waals surface area contributed by atoms with Crippen molar-refractivity contribution in [2.75, 3.05) is 0 Å². The van der Waals surface area contributed by atoms with Gasteiger partial charge >= 0.3 is 13.0 Å². The summed E-state index contributed by atoms with van der Waals surface area (Å²) in [5.74, 6) is 0. The van der Waals surface area contributed by atoms with Gasteiger partial charge in [0.1, 0.15) is 5.52 Å². The van der Waals surface area contributed by atoms with Crippen molar-refractivity contribution < 1.29 is 13.9 Å². The molecule has 122 valence electrons. The summed E-state index contributed by atoms with van der Waals surface area (Å²) in [6.07, 6.45) is 0. The minimum Gasteiger partial charge on any atom is -0.427 e. The Morgan fingerprint density at radius 3 is 2.08 bits per heavy atom. The van der Waals surface area contributed by atoms with Gasteiger partial charge in [0.25, 0.3) is 0 Å². The number of nitrogens with zero attached hydrogens (tertiary/aromatic N) is 1. The molecule has 0 aliphatic rings. The Bertz CT molecular complexity index is 1130. The first kappa shape index (κ1) is 15.9. The number of hydrogen-bond acceptors (Lipinski definition) is 3. The number of hydrogen-bond donors (Lipinski definition) is 1. The molecule has 1 aromatic heterocycles. The van der Waals surface area contributed by atoms with Crippen molar-refractivity contribution in [3.8, 4) is 22.3 Å². The van der Waals surface area contributed by atoms with Crippen LogP contribution in [0.15, 0.2) is 77.2 Å². The fourth-order valence-electron chi connectivity index (χ4n) is 3.00. The number of rotatable bonds is 3. The minimum absolute atomic E-state index is 0.0130. The second-order valence-electron chi connectivity index (χ2n) is 5.50. The predicted octanol–water partition coefficient (Wildman–Crippen LogP) is 5.80. The molecule has 1 heterocycles. The van der Waals surface area contributed by atoms with Crippen LogP contribution >= 0.6 is 20.4 Å². The molecule has 0 aliphatic heterocycles. The third-order valence-corrected chi connectivity index (χ3v) is 5.17. The quantitative estimate of drug-likeness (QED) is 0.368. The van der Waals surface area contributed by atoms with Gasteiger partial charge in [0.15, 0.2) is 5.58 Å². The Morgan fingerprint density at radius 2 is 1.48 bits per heavy atom. The Kier molecular flexibility index (Phi) is 4.06. The molecule has 1 atom stereocenters. The van der Waals surface area contributed by atoms with E-state index in [-0.39, 0.29) is 4.84 Å². The van der Waals surface area contributed by atoms with Crippen LogP contribution in [0.4, 0.5) is 0 Å². The zero-order chi connectivity index (χ0) is 17.4. The molecular weight excluding hydrogens is 353 g/mol. The molecule has 0 bridgehead atoms. The standard InChI is InChI=1S/C19H12NO3PS/c21-24(22)20-18-16(23-19(20)25)12-11-15(13-7-3-1-4-8-13)17(18)14-9-5-2-6-10-14/h1-12H/p+1. The van der Waals surface area contributed by atoms with E-state index >= 15 is 0 Å². The minimum atomic E-state index is -2.70. The van der Waals surface area contributed by atoms with Crippen LogP contribution in [0.3, 0.4) is 0 Å². The van der Waals surface area contributed by atoms with E-state index < -0.39 is 8.18 Å². The molecule has 0 saturated heterocycles. The molecular formula is C19H13NO3PS+. The monoisotopic (exact) mass is 366 g/mol. The van der Waals surface area contributed by atoms with Crippen LogP contribution in [0.25, 0.3) is 33.4 Å². The van der Waals surface area contributed by atoms with Gasteiger partial charge < -0.3 is 4.42 Å². The summed E-state index contributed by atoms with van der Waals surface area (Å²) in [4.78, 5) is 9.76. The SMILES string of the molecule is O=[P+](O)n1c(=S)oc2ccc(-c3ccccc3)c(-c3ccccc3)c21. The van der Waals surface area contributed by atoms with Gasteiger partial charge in [-0.25, -0.2) is 0 Å². The van der Waals surface area contributed by atoms with Crippen molar-refractivity contribution in [1.29, 1.82) is 0 Å². The average Bonchev–Trinajstić information content (AvgIpc) is 2.98. The van der Waals surface area contributed by atoms with Gasteiger partial charge in [-0.1, -0.05) is 65.0 Å². The maximum atomic E-state index is 11.9. The number of oxazole rings is 1. The maximum Gasteiger partial charge on any atom is 0.652 e. The fourth-order valence-corrected chi connectivity index (χ4v) is 3.94. The van der Waals surface area contributed by atoms with Crippen molar-refractivity contribution >= 4 is 31.5 Å². The van der Waals surface area contributed by atoms with E-state index in [4.69, 9.17) is 16.6 Å². The molecule has 4 nitrogen and oxygen atoms in total. The van der Waals surface area contributed by atoms with Gasteiger partial charge in [-0.3, -0.25) is 0 Å². The van der Waals surface area contributed by atoms with Gasteiger partial charge in [0.2, 0.25) is 0 Å². The summed E-state index contributed by atoms with van der Waals surface area (Å²) in [6, 6.07) is 23.3. The van der Waals surface area contributed by atoms with Crippen LogP contribution in [0.1, 0.15) is 0 Å². The summed E-state index contributed by atoms with van der Waals surface area (Å²) in [7, 11) is -2.70. The first-order valence-corrected chi connectivity index (χ1v) is 9.20. The van der Waals surface area contributed by atoms with Crippen molar-refractivity contribution in [2.45, 2.75) is 0 Å². The lowest BCUT2D eigenvalue weighted by Crippen LogP contribution is -1.92. The van der Waals surface area contributed by atoms with E-state index in [2.05, 4.69) is 0 Å². The van der Waals surface area contributed by atoms with Gasteiger partial charge in [-0.15, -0.1) is 4.89 Å². The third-order valence-electron chi connectivity index (χ3n) is 4.04. The van der Waals surface area contributed by atoms with E-state index in [1.165, 1.54) is 4.34 Å². The molecule has 1 unspecified atom stereocenters. The molecule has 0 fully saturated rings. The summed E-state index contributed by atoms with van der Waals surface area (Å²) in [5, 5.41) is 0. The van der Waals surface area contributed by atoms with Gasteiger partial charge in [0.05, 0.1) is 0 Å². The number of benzene rings is 3. The van der Waals surface area contributed by atoms with Crippen LogP contribution in [0.2, 0.25) is 0 Å². The first-order chi connectivity index (χ1) is 12.2. The highest BCUT2D eigenvalue weighted by atomic mass is 32.1. The summed E-state index contributed by atoms with van der Waals surface area (Å²) in [5.41, 5.74) is 4.72. The van der Waals surface area contributed by atoms with Crippen molar-refractivity contribution in [3.05, 3.63) is 77.6 Å². The highest BCUT2D eigenvalue weighted by Gasteiger charge is 2.27. The predicted molar refractivity (Wildman–Crippen MR) is 101 cm³/mol. The molecule has 25 heavy (non-hydrogen) atoms. The van der Waals surface area contributed by atoms with Gasteiger partial charge in [0, 0.05) is 5.56 Å².